The van der Waals surface area contributed by atoms with Gasteiger partial charge < -0.3 is 9.64 Å². The average molecular weight is 310 g/mol. The topological polar surface area (TPSA) is 43.2 Å². The third-order valence-electron chi connectivity index (χ3n) is 5.73. The van der Waals surface area contributed by atoms with Crippen LogP contribution in [-0.2, 0) is 7.05 Å². The number of hydrogen-bond donors (Lipinski definition) is 0. The summed E-state index contributed by atoms with van der Waals surface area (Å²) in [5, 5.41) is 4.24. The van der Waals surface area contributed by atoms with Gasteiger partial charge in [0.2, 0.25) is 0 Å². The lowest BCUT2D eigenvalue weighted by atomic mass is 9.66. The molecule has 0 aromatic carbocycles. The molecule has 5 nitrogen and oxygen atoms in total. The summed E-state index contributed by atoms with van der Waals surface area (Å²) in [7, 11) is 1.93. The van der Waals surface area contributed by atoms with Gasteiger partial charge in [0.25, 0.3) is 0 Å². The van der Waals surface area contributed by atoms with Gasteiger partial charge in [-0.3, -0.25) is 9.67 Å². The largest absolute Gasteiger partial charge is 0.488 e. The van der Waals surface area contributed by atoms with Crippen molar-refractivity contribution in [3.63, 3.8) is 0 Å². The fourth-order valence-corrected chi connectivity index (χ4v) is 4.92. The minimum atomic E-state index is 0.369. The maximum atomic E-state index is 6.44. The molecule has 3 aliphatic heterocycles. The summed E-state index contributed by atoms with van der Waals surface area (Å²) in [6.07, 6.45) is 10.7. The van der Waals surface area contributed by atoms with Crippen LogP contribution in [0.3, 0.4) is 0 Å². The zero-order valence-corrected chi connectivity index (χ0v) is 13.4. The van der Waals surface area contributed by atoms with Crippen LogP contribution in [0.2, 0.25) is 0 Å². The molecule has 1 saturated carbocycles. The van der Waals surface area contributed by atoms with E-state index in [2.05, 4.69) is 21.0 Å². The summed E-state index contributed by atoms with van der Waals surface area (Å²) < 4.78 is 8.26. The van der Waals surface area contributed by atoms with Crippen molar-refractivity contribution in [3.8, 4) is 16.9 Å². The number of nitrogens with zero attached hydrogens (tertiary/aromatic N) is 4. The van der Waals surface area contributed by atoms with E-state index >= 15 is 0 Å². The number of ether oxygens (including phenoxy) is 1. The Bertz CT molecular complexity index is 697. The van der Waals surface area contributed by atoms with Crippen LogP contribution < -0.4 is 4.74 Å². The van der Waals surface area contributed by atoms with Crippen LogP contribution >= 0.6 is 0 Å². The zero-order valence-electron chi connectivity index (χ0n) is 13.4. The lowest BCUT2D eigenvalue weighted by Crippen LogP contribution is -2.61. The molecule has 2 aromatic heterocycles. The molecule has 4 bridgehead atoms. The fraction of sp³-hybridized carbons (Fsp3) is 0.556. The van der Waals surface area contributed by atoms with Crippen LogP contribution in [0.1, 0.15) is 12.8 Å². The molecule has 3 saturated heterocycles. The molecular weight excluding hydrogens is 288 g/mol. The minimum Gasteiger partial charge on any atom is -0.488 e. The van der Waals surface area contributed by atoms with Gasteiger partial charge in [0, 0.05) is 62.0 Å². The Kier molecular flexibility index (Phi) is 2.98. The molecule has 2 aromatic rings. The summed E-state index contributed by atoms with van der Waals surface area (Å²) >= 11 is 0. The smallest absolute Gasteiger partial charge is 0.138 e. The number of rotatable bonds is 3. The monoisotopic (exact) mass is 310 g/mol. The predicted octanol–water partition coefficient (Wildman–Crippen LogP) is 2.20. The van der Waals surface area contributed by atoms with Gasteiger partial charge in [0.15, 0.2) is 0 Å². The first-order valence-electron chi connectivity index (χ1n) is 8.57. The molecule has 0 spiro atoms. The van der Waals surface area contributed by atoms with Gasteiger partial charge >= 0.3 is 0 Å². The van der Waals surface area contributed by atoms with Crippen LogP contribution in [-0.4, -0.2) is 45.4 Å². The van der Waals surface area contributed by atoms with Crippen molar-refractivity contribution < 1.29 is 4.74 Å². The van der Waals surface area contributed by atoms with E-state index in [-0.39, 0.29) is 0 Å². The second kappa shape index (κ2) is 5.06. The molecule has 0 N–H and O–H groups in total. The molecule has 23 heavy (non-hydrogen) atoms. The fourth-order valence-electron chi connectivity index (χ4n) is 4.92. The Balaban J connectivity index is 1.38. The summed E-state index contributed by atoms with van der Waals surface area (Å²) in [5.41, 5.74) is 2.16. The van der Waals surface area contributed by atoms with Gasteiger partial charge in [-0.25, -0.2) is 0 Å². The highest BCUT2D eigenvalue weighted by atomic mass is 16.5. The number of piperidine rings is 3. The third-order valence-corrected chi connectivity index (χ3v) is 5.73. The Morgan fingerprint density at radius 1 is 1.04 bits per heavy atom. The molecule has 2 unspecified atom stereocenters. The molecule has 4 aliphatic rings. The third kappa shape index (κ3) is 2.34. The van der Waals surface area contributed by atoms with Crippen LogP contribution in [0.4, 0.5) is 0 Å². The molecule has 1 aliphatic carbocycles. The molecule has 5 heteroatoms. The molecular formula is C18H22N4O. The summed E-state index contributed by atoms with van der Waals surface area (Å²) in [4.78, 5) is 7.02. The highest BCUT2D eigenvalue weighted by Crippen LogP contribution is 2.45. The summed E-state index contributed by atoms with van der Waals surface area (Å²) in [5.74, 6) is 3.21. The van der Waals surface area contributed by atoms with Crippen molar-refractivity contribution in [2.45, 2.75) is 18.9 Å². The normalized spacial score (nSPS) is 34.7. The van der Waals surface area contributed by atoms with Gasteiger partial charge in [-0.15, -0.1) is 0 Å². The van der Waals surface area contributed by atoms with E-state index in [1.807, 2.05) is 36.5 Å². The van der Waals surface area contributed by atoms with E-state index in [0.717, 1.165) is 22.8 Å². The molecule has 4 fully saturated rings. The average Bonchev–Trinajstić information content (AvgIpc) is 2.97. The quantitative estimate of drug-likeness (QED) is 0.872. The minimum absolute atomic E-state index is 0.369. The van der Waals surface area contributed by atoms with Crippen LogP contribution in [0.15, 0.2) is 30.9 Å². The maximum Gasteiger partial charge on any atom is 0.138 e. The van der Waals surface area contributed by atoms with E-state index in [9.17, 15) is 0 Å². The first-order valence-corrected chi connectivity index (χ1v) is 8.57. The van der Waals surface area contributed by atoms with E-state index in [4.69, 9.17) is 4.74 Å². The molecule has 6 rings (SSSR count). The number of pyridine rings is 1. The molecule has 0 amide bonds. The lowest BCUT2D eigenvalue weighted by molar-refractivity contribution is -0.0985. The summed E-state index contributed by atoms with van der Waals surface area (Å²) in [6, 6.07) is 2.11. The Hall–Kier alpha value is -1.88. The van der Waals surface area contributed by atoms with E-state index in [0.29, 0.717) is 17.9 Å². The molecule has 2 atom stereocenters. The summed E-state index contributed by atoms with van der Waals surface area (Å²) in [6.45, 7) is 3.75. The Labute approximate surface area is 136 Å². The van der Waals surface area contributed by atoms with Crippen molar-refractivity contribution in [1.82, 2.24) is 19.7 Å². The number of hydrogen-bond acceptors (Lipinski definition) is 4. The zero-order chi connectivity index (χ0) is 15.4. The molecule has 120 valence electrons. The van der Waals surface area contributed by atoms with Gasteiger partial charge in [-0.1, -0.05) is 0 Å². The second-order valence-corrected chi connectivity index (χ2v) is 7.47. The van der Waals surface area contributed by atoms with Crippen LogP contribution in [0.25, 0.3) is 11.1 Å². The molecule has 5 heterocycles. The van der Waals surface area contributed by atoms with Gasteiger partial charge in [0.1, 0.15) is 11.9 Å². The number of aryl methyl sites for hydroxylation is 1. The lowest BCUT2D eigenvalue weighted by Gasteiger charge is -2.55. The van der Waals surface area contributed by atoms with E-state index in [1.165, 1.54) is 32.5 Å². The van der Waals surface area contributed by atoms with E-state index < -0.39 is 0 Å². The van der Waals surface area contributed by atoms with Crippen molar-refractivity contribution in [1.29, 1.82) is 0 Å². The standard InChI is InChI=1S/C18H22N4O/c1-21-9-16(6-20-21)13-4-17(7-19-5-13)23-18-14-2-12-3-15(18)11-22(8-12)10-14/h4-7,9,12,14-15,18H,2-3,8,10-11H2,1H3. The van der Waals surface area contributed by atoms with Gasteiger partial charge in [0.05, 0.1) is 12.4 Å². The second-order valence-electron chi connectivity index (χ2n) is 7.47. The van der Waals surface area contributed by atoms with Gasteiger partial charge in [-0.05, 0) is 24.8 Å². The highest BCUT2D eigenvalue weighted by Gasteiger charge is 2.48. The number of aromatic nitrogens is 3. The highest BCUT2D eigenvalue weighted by molar-refractivity contribution is 5.62. The van der Waals surface area contributed by atoms with E-state index in [1.54, 1.807) is 0 Å². The predicted molar refractivity (Wildman–Crippen MR) is 87.0 cm³/mol. The van der Waals surface area contributed by atoms with Crippen molar-refractivity contribution in [2.24, 2.45) is 24.8 Å². The van der Waals surface area contributed by atoms with Crippen LogP contribution in [0, 0.1) is 17.8 Å². The van der Waals surface area contributed by atoms with Gasteiger partial charge in [-0.2, -0.15) is 5.10 Å². The van der Waals surface area contributed by atoms with Crippen molar-refractivity contribution >= 4 is 0 Å². The van der Waals surface area contributed by atoms with Crippen molar-refractivity contribution in [2.75, 3.05) is 19.6 Å². The molecule has 0 radical (unpaired) electrons. The van der Waals surface area contributed by atoms with Crippen molar-refractivity contribution in [3.05, 3.63) is 30.9 Å². The first kappa shape index (κ1) is 13.5. The first-order chi connectivity index (χ1) is 11.2. The Morgan fingerprint density at radius 2 is 1.87 bits per heavy atom. The van der Waals surface area contributed by atoms with Crippen LogP contribution in [0.5, 0.6) is 5.75 Å². The Morgan fingerprint density at radius 3 is 2.57 bits per heavy atom. The SMILES string of the molecule is Cn1cc(-c2cncc(OC3C4CC5CC3CN(C5)C4)c2)cn1. The maximum absolute atomic E-state index is 6.44.